The highest BCUT2D eigenvalue weighted by molar-refractivity contribution is 7.88. The highest BCUT2D eigenvalue weighted by Crippen LogP contribution is 2.31. The van der Waals surface area contributed by atoms with Crippen LogP contribution in [0.3, 0.4) is 0 Å². The fourth-order valence-corrected chi connectivity index (χ4v) is 5.12. The smallest absolute Gasteiger partial charge is 0.208 e. The van der Waals surface area contributed by atoms with Crippen molar-refractivity contribution in [3.05, 3.63) is 81.5 Å². The summed E-state index contributed by atoms with van der Waals surface area (Å²) in [7, 11) is -3.22. The number of aromatic nitrogens is 1. The maximum Gasteiger partial charge on any atom is 0.208 e. The number of hydrogen-bond donors (Lipinski definition) is 2. The third kappa shape index (κ3) is 7.88. The van der Waals surface area contributed by atoms with Crippen LogP contribution < -0.4 is 14.8 Å². The van der Waals surface area contributed by atoms with Crippen molar-refractivity contribution in [1.29, 1.82) is 0 Å². The van der Waals surface area contributed by atoms with Gasteiger partial charge in [0.25, 0.3) is 0 Å². The number of pyridine rings is 1. The molecule has 2 aromatic carbocycles. The van der Waals surface area contributed by atoms with Crippen LogP contribution in [0.4, 0.5) is 0 Å². The zero-order chi connectivity index (χ0) is 27.9. The molecule has 0 unspecified atom stereocenters. The lowest BCUT2D eigenvalue weighted by Gasteiger charge is -2.19. The van der Waals surface area contributed by atoms with Gasteiger partial charge in [-0.3, -0.25) is 4.98 Å². The molecule has 0 radical (unpaired) electrons. The average Bonchev–Trinajstić information content (AvgIpc) is 2.87. The van der Waals surface area contributed by atoms with Crippen LogP contribution in [-0.4, -0.2) is 32.7 Å². The first-order valence-electron chi connectivity index (χ1n) is 13.5. The lowest BCUT2D eigenvalue weighted by Crippen LogP contribution is -2.31. The molecule has 0 fully saturated rings. The molecule has 1 aromatic heterocycles. The monoisotopic (exact) mass is 537 g/mol. The highest BCUT2D eigenvalue weighted by atomic mass is 32.2. The lowest BCUT2D eigenvalue weighted by molar-refractivity contribution is 0.300. The number of aryl methyl sites for hydroxylation is 4. The van der Waals surface area contributed by atoms with Gasteiger partial charge in [-0.25, -0.2) is 13.1 Å². The van der Waals surface area contributed by atoms with Crippen LogP contribution in [0.15, 0.2) is 42.5 Å². The fraction of sp³-hybridized carbons (Fsp3) is 0.452. The van der Waals surface area contributed by atoms with Gasteiger partial charge in [0, 0.05) is 36.5 Å². The Kier molecular flexibility index (Phi) is 10.5. The number of nitrogens with zero attached hydrogens (tertiary/aromatic N) is 1. The molecule has 0 bridgehead atoms. The van der Waals surface area contributed by atoms with Gasteiger partial charge in [0.1, 0.15) is 12.4 Å². The van der Waals surface area contributed by atoms with E-state index >= 15 is 0 Å². The second-order valence-electron chi connectivity index (χ2n) is 10.2. The zero-order valence-electron chi connectivity index (χ0n) is 23.9. The van der Waals surface area contributed by atoms with Crippen LogP contribution in [0, 0.1) is 13.8 Å². The molecule has 0 amide bonds. The van der Waals surface area contributed by atoms with E-state index in [1.165, 1.54) is 28.5 Å². The molecule has 1 heterocycles. The van der Waals surface area contributed by atoms with Gasteiger partial charge >= 0.3 is 0 Å². The number of nitrogens with one attached hydrogen (secondary N) is 2. The normalized spacial score (nSPS) is 11.8. The van der Waals surface area contributed by atoms with E-state index in [1.54, 1.807) is 0 Å². The molecule has 38 heavy (non-hydrogen) atoms. The summed E-state index contributed by atoms with van der Waals surface area (Å²) in [6, 6.07) is 15.1. The Bertz CT molecular complexity index is 1330. The molecular formula is C31H43N3O3S. The van der Waals surface area contributed by atoms with E-state index < -0.39 is 10.0 Å². The minimum Gasteiger partial charge on any atom is -0.489 e. The maximum absolute atomic E-state index is 11.4. The number of ether oxygens (including phenoxy) is 1. The van der Waals surface area contributed by atoms with Gasteiger partial charge in [-0.2, -0.15) is 0 Å². The first-order chi connectivity index (χ1) is 18.0. The molecule has 3 rings (SSSR count). The molecule has 0 saturated carbocycles. The Morgan fingerprint density at radius 3 is 2.24 bits per heavy atom. The van der Waals surface area contributed by atoms with Gasteiger partial charge in [-0.1, -0.05) is 58.0 Å². The topological polar surface area (TPSA) is 80.3 Å². The summed E-state index contributed by atoms with van der Waals surface area (Å²) >= 11 is 0. The fourth-order valence-electron chi connectivity index (χ4n) is 4.65. The Morgan fingerprint density at radius 2 is 1.63 bits per heavy atom. The molecule has 0 atom stereocenters. The van der Waals surface area contributed by atoms with Crippen LogP contribution in [0.2, 0.25) is 0 Å². The summed E-state index contributed by atoms with van der Waals surface area (Å²) in [5.41, 5.74) is 10.2. The summed E-state index contributed by atoms with van der Waals surface area (Å²) in [6.07, 6.45) is 3.05. The molecular weight excluding hydrogens is 494 g/mol. The van der Waals surface area contributed by atoms with Crippen molar-refractivity contribution >= 4 is 10.0 Å². The van der Waals surface area contributed by atoms with Crippen molar-refractivity contribution in [2.75, 3.05) is 19.3 Å². The van der Waals surface area contributed by atoms with Gasteiger partial charge in [-0.15, -0.1) is 0 Å². The van der Waals surface area contributed by atoms with Crippen molar-refractivity contribution in [3.63, 3.8) is 0 Å². The zero-order valence-corrected chi connectivity index (χ0v) is 24.8. The first-order valence-corrected chi connectivity index (χ1v) is 15.4. The van der Waals surface area contributed by atoms with Crippen LogP contribution in [0.25, 0.3) is 11.3 Å². The largest absolute Gasteiger partial charge is 0.489 e. The molecule has 0 spiro atoms. The number of hydrogen-bond acceptors (Lipinski definition) is 5. The van der Waals surface area contributed by atoms with E-state index in [1.807, 2.05) is 0 Å². The summed E-state index contributed by atoms with van der Waals surface area (Å²) in [5.74, 6) is 1.31. The van der Waals surface area contributed by atoms with E-state index in [2.05, 4.69) is 94.0 Å². The summed E-state index contributed by atoms with van der Waals surface area (Å²) in [4.78, 5) is 5.08. The van der Waals surface area contributed by atoms with Gasteiger partial charge in [0.15, 0.2) is 0 Å². The SMILES string of the molecule is CCc1cccc(CC)c1-c1cc(CNCCNS(C)(=O)=O)c(COc2cc(C(C)C)ccc2C)c(C)n1. The van der Waals surface area contributed by atoms with Crippen molar-refractivity contribution in [1.82, 2.24) is 15.0 Å². The highest BCUT2D eigenvalue weighted by Gasteiger charge is 2.17. The molecule has 7 heteroatoms. The second kappa shape index (κ2) is 13.4. The molecule has 0 aliphatic heterocycles. The Balaban J connectivity index is 1.96. The number of benzene rings is 2. The molecule has 3 aromatic rings. The van der Waals surface area contributed by atoms with E-state index in [4.69, 9.17) is 9.72 Å². The number of sulfonamides is 1. The van der Waals surface area contributed by atoms with Gasteiger partial charge in [-0.05, 0) is 72.6 Å². The molecule has 6 nitrogen and oxygen atoms in total. The van der Waals surface area contributed by atoms with E-state index in [-0.39, 0.29) is 0 Å². The van der Waals surface area contributed by atoms with Crippen molar-refractivity contribution in [2.24, 2.45) is 0 Å². The molecule has 206 valence electrons. The lowest BCUT2D eigenvalue weighted by atomic mass is 9.93. The van der Waals surface area contributed by atoms with Crippen LogP contribution in [0.1, 0.15) is 72.7 Å². The standard InChI is InChI=1S/C31H43N3O3S/c1-8-24-11-10-12-25(9-2)31(24)29-17-27(19-32-15-16-33-38(7,35)36)28(23(6)34-29)20-37-30-18-26(21(3)4)14-13-22(30)5/h10-14,17-18,21,32-33H,8-9,15-16,19-20H2,1-7H3. The Labute approximate surface area is 229 Å². The maximum atomic E-state index is 11.4. The molecule has 0 saturated heterocycles. The molecule has 0 aliphatic rings. The van der Waals surface area contributed by atoms with E-state index in [0.29, 0.717) is 32.2 Å². The van der Waals surface area contributed by atoms with Crippen molar-refractivity contribution < 1.29 is 13.2 Å². The van der Waals surface area contributed by atoms with Crippen molar-refractivity contribution in [3.8, 4) is 17.0 Å². The summed E-state index contributed by atoms with van der Waals surface area (Å²) < 4.78 is 31.8. The Morgan fingerprint density at radius 1 is 0.947 bits per heavy atom. The van der Waals surface area contributed by atoms with Gasteiger partial charge < -0.3 is 10.1 Å². The third-order valence-electron chi connectivity index (χ3n) is 6.91. The average molecular weight is 538 g/mol. The molecule has 2 N–H and O–H groups in total. The first kappa shape index (κ1) is 29.8. The van der Waals surface area contributed by atoms with Crippen molar-refractivity contribution in [2.45, 2.75) is 73.5 Å². The molecule has 0 aliphatic carbocycles. The van der Waals surface area contributed by atoms with E-state index in [0.717, 1.165) is 46.7 Å². The predicted molar refractivity (Wildman–Crippen MR) is 157 cm³/mol. The quantitative estimate of drug-likeness (QED) is 0.268. The van der Waals surface area contributed by atoms with Crippen LogP contribution in [0.5, 0.6) is 5.75 Å². The Hall–Kier alpha value is -2.74. The predicted octanol–water partition coefficient (Wildman–Crippen LogP) is 5.83. The van der Waals surface area contributed by atoms with Crippen LogP contribution >= 0.6 is 0 Å². The van der Waals surface area contributed by atoms with Crippen LogP contribution in [-0.2, 0) is 36.0 Å². The minimum absolute atomic E-state index is 0.335. The third-order valence-corrected chi connectivity index (χ3v) is 7.64. The van der Waals surface area contributed by atoms with E-state index in [9.17, 15) is 8.42 Å². The van der Waals surface area contributed by atoms with Gasteiger partial charge in [0.05, 0.1) is 11.9 Å². The summed E-state index contributed by atoms with van der Waals surface area (Å²) in [5, 5.41) is 3.40. The summed E-state index contributed by atoms with van der Waals surface area (Å²) in [6.45, 7) is 14.7. The number of rotatable bonds is 13. The second-order valence-corrected chi connectivity index (χ2v) is 12.0. The minimum atomic E-state index is -3.22. The van der Waals surface area contributed by atoms with Gasteiger partial charge in [0.2, 0.25) is 10.0 Å².